The molecule has 8 heteroatoms. The fourth-order valence-electron chi connectivity index (χ4n) is 7.67. The Kier molecular flexibility index (Phi) is 13.9. The molecule has 0 aromatic heterocycles. The summed E-state index contributed by atoms with van der Waals surface area (Å²) in [4.78, 5) is 11.8. The zero-order valence-corrected chi connectivity index (χ0v) is 24.8. The van der Waals surface area contributed by atoms with Crippen LogP contribution in [0.4, 0.5) is 0 Å². The molecule has 0 amide bonds. The molecule has 0 radical (unpaired) electrons. The summed E-state index contributed by atoms with van der Waals surface area (Å²) in [5.74, 6) is -0.865. The monoisotopic (exact) mass is 566 g/mol. The Labute approximate surface area is 241 Å². The molecule has 10 unspecified atom stereocenters. The lowest BCUT2D eigenvalue weighted by atomic mass is 9.81. The Balaban J connectivity index is 1.35. The number of rotatable bonds is 17. The van der Waals surface area contributed by atoms with Gasteiger partial charge in [-0.3, -0.25) is 5.73 Å². The van der Waals surface area contributed by atoms with Crippen LogP contribution in [0, 0.1) is 29.6 Å². The molecule has 0 aromatic carbocycles. The van der Waals surface area contributed by atoms with Crippen molar-refractivity contribution in [3.8, 4) is 0 Å². The van der Waals surface area contributed by atoms with Gasteiger partial charge in [0, 0.05) is 24.2 Å². The molecule has 1 heterocycles. The summed E-state index contributed by atoms with van der Waals surface area (Å²) < 4.78 is 0. The third-order valence-electron chi connectivity index (χ3n) is 10.2. The van der Waals surface area contributed by atoms with Crippen molar-refractivity contribution in [1.29, 1.82) is 0 Å². The van der Waals surface area contributed by atoms with Crippen LogP contribution >= 0.6 is 0 Å². The molecule has 3 aliphatic rings. The first-order valence-electron chi connectivity index (χ1n) is 16.4. The average molecular weight is 567 g/mol. The van der Waals surface area contributed by atoms with Crippen molar-refractivity contribution < 1.29 is 35.6 Å². The van der Waals surface area contributed by atoms with Crippen molar-refractivity contribution in [3.05, 3.63) is 12.2 Å². The van der Waals surface area contributed by atoms with Crippen LogP contribution in [-0.4, -0.2) is 63.0 Å². The van der Waals surface area contributed by atoms with Gasteiger partial charge in [-0.15, -0.1) is 0 Å². The molecular weight excluding hydrogens is 508 g/mol. The van der Waals surface area contributed by atoms with Gasteiger partial charge in [0.2, 0.25) is 0 Å². The minimum Gasteiger partial charge on any atom is -0.550 e. The number of quaternary nitrogens is 1. The number of carbonyl (C=O) groups is 1. The predicted octanol–water partition coefficient (Wildman–Crippen LogP) is 1.73. The number of carboxylic acids is 1. The Morgan fingerprint density at radius 3 is 2.52 bits per heavy atom. The van der Waals surface area contributed by atoms with E-state index in [1.54, 1.807) is 0 Å². The molecule has 0 spiro atoms. The van der Waals surface area contributed by atoms with Crippen molar-refractivity contribution >= 4 is 5.97 Å². The van der Waals surface area contributed by atoms with E-state index in [1.807, 2.05) is 0 Å². The van der Waals surface area contributed by atoms with E-state index in [0.29, 0.717) is 37.5 Å². The fraction of sp³-hybridized carbons (Fsp3) is 0.906. The third kappa shape index (κ3) is 10.4. The number of allylic oxidation sites excluding steroid dienone is 1. The van der Waals surface area contributed by atoms with E-state index >= 15 is 0 Å². The highest BCUT2D eigenvalue weighted by molar-refractivity contribution is 5.68. The highest BCUT2D eigenvalue weighted by Crippen LogP contribution is 2.42. The molecule has 2 aliphatic carbocycles. The molecule has 2 fully saturated rings. The van der Waals surface area contributed by atoms with Crippen molar-refractivity contribution in [2.24, 2.45) is 35.3 Å². The largest absolute Gasteiger partial charge is 0.550 e. The lowest BCUT2D eigenvalue weighted by Crippen LogP contribution is -2.94. The van der Waals surface area contributed by atoms with Crippen LogP contribution < -0.4 is 16.2 Å². The molecule has 0 bridgehead atoms. The predicted molar refractivity (Wildman–Crippen MR) is 153 cm³/mol. The number of nitrogens with two attached hydrogens (primary N) is 2. The van der Waals surface area contributed by atoms with Crippen molar-refractivity contribution in [3.63, 3.8) is 0 Å². The van der Waals surface area contributed by atoms with E-state index in [-0.39, 0.29) is 36.9 Å². The van der Waals surface area contributed by atoms with Crippen molar-refractivity contribution in [1.82, 2.24) is 0 Å². The van der Waals surface area contributed by atoms with E-state index in [0.717, 1.165) is 57.9 Å². The Bertz CT molecular complexity index is 781. The van der Waals surface area contributed by atoms with Crippen molar-refractivity contribution in [2.45, 2.75) is 146 Å². The maximum atomic E-state index is 11.8. The Hall–Kier alpha value is -1.03. The SMILES string of the molecule is CCCCCC1C=CC(CCCCCC(C(=O)[O-])C(O)CCC2(O)CC(CC3CC[NH2+]C(N)C3)CC2O)C(O)C1. The first-order valence-corrected chi connectivity index (χ1v) is 16.4. The minimum absolute atomic E-state index is 0.126. The quantitative estimate of drug-likeness (QED) is 0.115. The van der Waals surface area contributed by atoms with Crippen LogP contribution in [0.25, 0.3) is 0 Å². The summed E-state index contributed by atoms with van der Waals surface area (Å²) in [6.45, 7) is 3.22. The van der Waals surface area contributed by atoms with Crippen molar-refractivity contribution in [2.75, 3.05) is 6.54 Å². The summed E-state index contributed by atoms with van der Waals surface area (Å²) in [6.07, 6.45) is 15.9. The highest BCUT2D eigenvalue weighted by atomic mass is 16.4. The van der Waals surface area contributed by atoms with Crippen LogP contribution in [0.1, 0.15) is 116 Å². The molecule has 3 rings (SSSR count). The van der Waals surface area contributed by atoms with Gasteiger partial charge in [-0.25, -0.2) is 0 Å². The van der Waals surface area contributed by atoms with E-state index < -0.39 is 29.7 Å². The number of carboxylic acid groups (broad SMARTS) is 1. The third-order valence-corrected chi connectivity index (χ3v) is 10.2. The number of unbranched alkanes of at least 4 members (excludes halogenated alkanes) is 4. The number of aliphatic carboxylic acids is 1. The summed E-state index contributed by atoms with van der Waals surface area (Å²) in [5, 5.41) is 57.1. The molecule has 1 saturated carbocycles. The molecule has 232 valence electrons. The molecule has 8 N–H and O–H groups in total. The molecule has 0 aromatic rings. The lowest BCUT2D eigenvalue weighted by Gasteiger charge is -2.31. The number of aliphatic hydroxyl groups is 4. The number of carbonyl (C=O) groups excluding carboxylic acids is 1. The van der Waals surface area contributed by atoms with Crippen LogP contribution in [0.2, 0.25) is 0 Å². The van der Waals surface area contributed by atoms with Gasteiger partial charge in [-0.2, -0.15) is 0 Å². The van der Waals surface area contributed by atoms with Gasteiger partial charge in [-0.1, -0.05) is 57.6 Å². The number of piperidine rings is 1. The lowest BCUT2D eigenvalue weighted by molar-refractivity contribution is -0.699. The average Bonchev–Trinajstić information content (AvgIpc) is 3.18. The first-order chi connectivity index (χ1) is 19.1. The topological polar surface area (TPSA) is 164 Å². The zero-order valence-electron chi connectivity index (χ0n) is 24.8. The summed E-state index contributed by atoms with van der Waals surface area (Å²) >= 11 is 0. The van der Waals surface area contributed by atoms with Crippen LogP contribution in [0.15, 0.2) is 12.2 Å². The van der Waals surface area contributed by atoms with Gasteiger partial charge in [0.15, 0.2) is 0 Å². The van der Waals surface area contributed by atoms with E-state index in [9.17, 15) is 30.3 Å². The first kappa shape index (κ1) is 33.5. The number of hydrogen-bond donors (Lipinski definition) is 6. The van der Waals surface area contributed by atoms with E-state index in [4.69, 9.17) is 5.73 Å². The Morgan fingerprint density at radius 1 is 1.05 bits per heavy atom. The van der Waals surface area contributed by atoms with Gasteiger partial charge in [-0.05, 0) is 82.0 Å². The summed E-state index contributed by atoms with van der Waals surface area (Å²) in [7, 11) is 0. The zero-order chi connectivity index (χ0) is 29.1. The molecular formula is C32H58N2O6. The number of hydrogen-bond acceptors (Lipinski definition) is 7. The van der Waals surface area contributed by atoms with E-state index in [2.05, 4.69) is 24.4 Å². The van der Waals surface area contributed by atoms with Gasteiger partial charge < -0.3 is 35.6 Å². The molecule has 1 aliphatic heterocycles. The molecule has 8 nitrogen and oxygen atoms in total. The second-order valence-electron chi connectivity index (χ2n) is 13.5. The summed E-state index contributed by atoms with van der Waals surface area (Å²) in [5.41, 5.74) is 4.80. The van der Waals surface area contributed by atoms with Crippen LogP contribution in [-0.2, 0) is 4.79 Å². The minimum atomic E-state index is -1.28. The highest BCUT2D eigenvalue weighted by Gasteiger charge is 2.46. The maximum Gasteiger partial charge on any atom is 0.137 e. The molecule has 40 heavy (non-hydrogen) atoms. The van der Waals surface area contributed by atoms with Crippen LogP contribution in [0.5, 0.6) is 0 Å². The maximum absolute atomic E-state index is 11.8. The molecule has 1 saturated heterocycles. The normalized spacial score (nSPS) is 36.0. The van der Waals surface area contributed by atoms with E-state index in [1.165, 1.54) is 19.3 Å². The van der Waals surface area contributed by atoms with Gasteiger partial charge in [0.25, 0.3) is 0 Å². The summed E-state index contributed by atoms with van der Waals surface area (Å²) in [6, 6.07) is 0. The van der Waals surface area contributed by atoms with Crippen LogP contribution in [0.3, 0.4) is 0 Å². The van der Waals surface area contributed by atoms with Gasteiger partial charge in [0.05, 0.1) is 30.5 Å². The standard InChI is InChI=1S/C32H58N2O6/c1-2-3-5-8-22-11-12-25(28(36)18-22)9-6-4-7-10-26(31(38)39)27(35)13-15-32(40)21-24(19-29(32)37)17-23-14-16-34-30(33)20-23/h11-12,22-30,34-37,40H,2-10,13-21,33H2,1H3,(H,38,39). The number of aliphatic hydroxyl groups excluding tert-OH is 3. The second kappa shape index (κ2) is 16.6. The smallest absolute Gasteiger partial charge is 0.137 e. The van der Waals surface area contributed by atoms with Gasteiger partial charge in [0.1, 0.15) is 6.17 Å². The molecule has 10 atom stereocenters. The second-order valence-corrected chi connectivity index (χ2v) is 13.5. The Morgan fingerprint density at radius 2 is 1.82 bits per heavy atom. The fourth-order valence-corrected chi connectivity index (χ4v) is 7.67. The van der Waals surface area contributed by atoms with Gasteiger partial charge >= 0.3 is 0 Å².